The molecule has 0 radical (unpaired) electrons. The third kappa shape index (κ3) is 2.52. The SMILES string of the molecule is C/C=C\c1[nH]c(-c2nc(C(C)CC)n3ccnc(N)c23)cc1C. The van der Waals surface area contributed by atoms with E-state index in [1.165, 1.54) is 5.56 Å². The average Bonchev–Trinajstić information content (AvgIpc) is 3.09. The Labute approximate surface area is 136 Å². The van der Waals surface area contributed by atoms with Crippen LogP contribution in [0.15, 0.2) is 24.5 Å². The van der Waals surface area contributed by atoms with Crippen molar-refractivity contribution in [1.82, 2.24) is 19.4 Å². The molecule has 3 N–H and O–H groups in total. The summed E-state index contributed by atoms with van der Waals surface area (Å²) in [7, 11) is 0. The number of fused-ring (bicyclic) bond motifs is 1. The highest BCUT2D eigenvalue weighted by Gasteiger charge is 2.20. The van der Waals surface area contributed by atoms with E-state index in [1.54, 1.807) is 6.20 Å². The summed E-state index contributed by atoms with van der Waals surface area (Å²) in [4.78, 5) is 12.6. The summed E-state index contributed by atoms with van der Waals surface area (Å²) in [5.41, 5.74) is 11.1. The molecule has 1 atom stereocenters. The molecule has 3 aromatic heterocycles. The van der Waals surface area contributed by atoms with Crippen LogP contribution in [-0.2, 0) is 0 Å². The van der Waals surface area contributed by atoms with E-state index in [2.05, 4.69) is 47.3 Å². The molecule has 3 heterocycles. The van der Waals surface area contributed by atoms with E-state index in [-0.39, 0.29) is 0 Å². The van der Waals surface area contributed by atoms with Gasteiger partial charge in [0.2, 0.25) is 0 Å². The van der Waals surface area contributed by atoms with Gasteiger partial charge in [-0.15, -0.1) is 0 Å². The molecule has 5 nitrogen and oxygen atoms in total. The van der Waals surface area contributed by atoms with Crippen LogP contribution < -0.4 is 5.73 Å². The molecule has 0 spiro atoms. The largest absolute Gasteiger partial charge is 0.382 e. The number of allylic oxidation sites excluding steroid dienone is 1. The predicted molar refractivity (Wildman–Crippen MR) is 95.3 cm³/mol. The first kappa shape index (κ1) is 15.3. The zero-order valence-corrected chi connectivity index (χ0v) is 14.1. The van der Waals surface area contributed by atoms with Crippen molar-refractivity contribution in [2.75, 3.05) is 5.73 Å². The van der Waals surface area contributed by atoms with Crippen LogP contribution in [0.25, 0.3) is 23.0 Å². The first-order valence-electron chi connectivity index (χ1n) is 8.01. The van der Waals surface area contributed by atoms with Crippen LogP contribution in [0.2, 0.25) is 0 Å². The average molecular weight is 309 g/mol. The zero-order valence-electron chi connectivity index (χ0n) is 14.1. The third-order valence-electron chi connectivity index (χ3n) is 4.31. The zero-order chi connectivity index (χ0) is 16.6. The highest BCUT2D eigenvalue weighted by Crippen LogP contribution is 2.32. The molecule has 0 amide bonds. The number of nitrogen functional groups attached to an aromatic ring is 1. The standard InChI is InChI=1S/C18H23N5/c1-5-7-13-12(4)10-14(21-13)15-16-17(19)20-8-9-23(16)18(22-15)11(3)6-2/h5,7-11,21H,6H2,1-4H3,(H2,19,20)/b7-5-. The van der Waals surface area contributed by atoms with E-state index in [9.17, 15) is 0 Å². The van der Waals surface area contributed by atoms with Crippen molar-refractivity contribution in [3.8, 4) is 11.4 Å². The van der Waals surface area contributed by atoms with Gasteiger partial charge in [-0.2, -0.15) is 0 Å². The maximum atomic E-state index is 6.15. The third-order valence-corrected chi connectivity index (χ3v) is 4.31. The van der Waals surface area contributed by atoms with Gasteiger partial charge in [-0.05, 0) is 38.0 Å². The van der Waals surface area contributed by atoms with E-state index < -0.39 is 0 Å². The van der Waals surface area contributed by atoms with Crippen LogP contribution in [-0.4, -0.2) is 19.4 Å². The Bertz CT molecular complexity index is 869. The minimum Gasteiger partial charge on any atom is -0.382 e. The molecule has 120 valence electrons. The van der Waals surface area contributed by atoms with Gasteiger partial charge in [0, 0.05) is 24.0 Å². The van der Waals surface area contributed by atoms with Gasteiger partial charge in [0.25, 0.3) is 0 Å². The molecule has 3 aromatic rings. The van der Waals surface area contributed by atoms with E-state index in [4.69, 9.17) is 10.7 Å². The number of aryl methyl sites for hydroxylation is 1. The second kappa shape index (κ2) is 5.91. The molecule has 23 heavy (non-hydrogen) atoms. The molecule has 0 fully saturated rings. The van der Waals surface area contributed by atoms with Crippen molar-refractivity contribution >= 4 is 17.4 Å². The van der Waals surface area contributed by atoms with Crippen molar-refractivity contribution in [1.29, 1.82) is 0 Å². The van der Waals surface area contributed by atoms with Crippen LogP contribution in [0.4, 0.5) is 5.82 Å². The van der Waals surface area contributed by atoms with Crippen molar-refractivity contribution in [2.24, 2.45) is 0 Å². The molecule has 0 saturated carbocycles. The molecule has 3 rings (SSSR count). The van der Waals surface area contributed by atoms with Crippen LogP contribution in [0, 0.1) is 6.92 Å². The van der Waals surface area contributed by atoms with E-state index >= 15 is 0 Å². The first-order chi connectivity index (χ1) is 11.1. The molecule has 0 aliphatic heterocycles. The predicted octanol–water partition coefficient (Wildman–Crippen LogP) is 4.16. The number of hydrogen-bond donors (Lipinski definition) is 2. The summed E-state index contributed by atoms with van der Waals surface area (Å²) in [6, 6.07) is 2.12. The number of imidazole rings is 1. The van der Waals surface area contributed by atoms with Gasteiger partial charge in [-0.25, -0.2) is 9.97 Å². The number of nitrogens with one attached hydrogen (secondary N) is 1. The van der Waals surface area contributed by atoms with Gasteiger partial charge < -0.3 is 10.7 Å². The molecule has 0 aliphatic carbocycles. The lowest BCUT2D eigenvalue weighted by molar-refractivity contribution is 0.675. The Hall–Kier alpha value is -2.56. The lowest BCUT2D eigenvalue weighted by Gasteiger charge is -2.07. The summed E-state index contributed by atoms with van der Waals surface area (Å²) >= 11 is 0. The number of rotatable bonds is 4. The lowest BCUT2D eigenvalue weighted by Crippen LogP contribution is -2.01. The van der Waals surface area contributed by atoms with Gasteiger partial charge in [0.15, 0.2) is 0 Å². The molecule has 1 unspecified atom stereocenters. The molecule has 5 heteroatoms. The van der Waals surface area contributed by atoms with E-state index in [1.807, 2.05) is 19.2 Å². The summed E-state index contributed by atoms with van der Waals surface area (Å²) in [6.45, 7) is 8.44. The molecular weight excluding hydrogens is 286 g/mol. The van der Waals surface area contributed by atoms with Crippen molar-refractivity contribution in [3.63, 3.8) is 0 Å². The number of hydrogen-bond acceptors (Lipinski definition) is 3. The summed E-state index contributed by atoms with van der Waals surface area (Å²) < 4.78 is 2.07. The Balaban J connectivity index is 2.27. The fourth-order valence-electron chi connectivity index (χ4n) is 2.85. The van der Waals surface area contributed by atoms with Gasteiger partial charge in [0.05, 0.1) is 5.69 Å². The second-order valence-corrected chi connectivity index (χ2v) is 5.94. The molecule has 0 aliphatic rings. The Morgan fingerprint density at radius 2 is 2.22 bits per heavy atom. The van der Waals surface area contributed by atoms with Crippen molar-refractivity contribution < 1.29 is 0 Å². The smallest absolute Gasteiger partial charge is 0.150 e. The molecule has 0 saturated heterocycles. The Morgan fingerprint density at radius 3 is 2.91 bits per heavy atom. The lowest BCUT2D eigenvalue weighted by atomic mass is 10.1. The number of nitrogens with two attached hydrogens (primary N) is 1. The van der Waals surface area contributed by atoms with Crippen LogP contribution in [0.1, 0.15) is 50.2 Å². The number of H-pyrrole nitrogens is 1. The topological polar surface area (TPSA) is 72.0 Å². The molecule has 0 bridgehead atoms. The Kier molecular flexibility index (Phi) is 3.94. The fraction of sp³-hybridized carbons (Fsp3) is 0.333. The monoisotopic (exact) mass is 309 g/mol. The second-order valence-electron chi connectivity index (χ2n) is 5.94. The Morgan fingerprint density at radius 1 is 1.43 bits per heavy atom. The summed E-state index contributed by atoms with van der Waals surface area (Å²) in [5.74, 6) is 1.87. The highest BCUT2D eigenvalue weighted by atomic mass is 15.1. The van der Waals surface area contributed by atoms with E-state index in [0.717, 1.165) is 34.8 Å². The van der Waals surface area contributed by atoms with Crippen LogP contribution >= 0.6 is 0 Å². The van der Waals surface area contributed by atoms with Gasteiger partial charge in [0.1, 0.15) is 22.9 Å². The van der Waals surface area contributed by atoms with Crippen molar-refractivity contribution in [2.45, 2.75) is 40.0 Å². The van der Waals surface area contributed by atoms with Gasteiger partial charge >= 0.3 is 0 Å². The minimum absolute atomic E-state index is 0.351. The maximum Gasteiger partial charge on any atom is 0.150 e. The van der Waals surface area contributed by atoms with Gasteiger partial charge in [-0.1, -0.05) is 19.9 Å². The highest BCUT2D eigenvalue weighted by molar-refractivity contribution is 5.84. The van der Waals surface area contributed by atoms with Crippen LogP contribution in [0.5, 0.6) is 0 Å². The number of nitrogens with zero attached hydrogens (tertiary/aromatic N) is 3. The summed E-state index contributed by atoms with van der Waals surface area (Å²) in [5, 5.41) is 0. The molecule has 0 aromatic carbocycles. The number of aromatic amines is 1. The summed E-state index contributed by atoms with van der Waals surface area (Å²) in [6.07, 6.45) is 8.77. The number of anilines is 1. The maximum absolute atomic E-state index is 6.15. The minimum atomic E-state index is 0.351. The number of aromatic nitrogens is 4. The molecular formula is C18H23N5. The fourth-order valence-corrected chi connectivity index (χ4v) is 2.85. The van der Waals surface area contributed by atoms with Gasteiger partial charge in [-0.3, -0.25) is 4.40 Å². The van der Waals surface area contributed by atoms with E-state index in [0.29, 0.717) is 11.7 Å². The first-order valence-corrected chi connectivity index (χ1v) is 8.01. The normalized spacial score (nSPS) is 13.2. The van der Waals surface area contributed by atoms with Crippen LogP contribution in [0.3, 0.4) is 0 Å². The quantitative estimate of drug-likeness (QED) is 0.760. The van der Waals surface area contributed by atoms with Crippen molar-refractivity contribution in [3.05, 3.63) is 41.6 Å².